The lowest BCUT2D eigenvalue weighted by Crippen LogP contribution is -2.42. The van der Waals surface area contributed by atoms with Gasteiger partial charge in [-0.05, 0) is 44.2 Å². The van der Waals surface area contributed by atoms with Crippen molar-refractivity contribution >= 4 is 11.9 Å². The number of ether oxygens (including phenoxy) is 1. The molecule has 0 spiro atoms. The highest BCUT2D eigenvalue weighted by molar-refractivity contribution is 5.79. The van der Waals surface area contributed by atoms with Crippen molar-refractivity contribution in [2.45, 2.75) is 52.1 Å². The maximum atomic E-state index is 12.3. The highest BCUT2D eigenvalue weighted by Crippen LogP contribution is 2.26. The Labute approximate surface area is 144 Å². The quantitative estimate of drug-likeness (QED) is 0.706. The van der Waals surface area contributed by atoms with Crippen LogP contribution < -0.4 is 5.32 Å². The van der Waals surface area contributed by atoms with E-state index in [9.17, 15) is 9.59 Å². The Balaban J connectivity index is 1.86. The van der Waals surface area contributed by atoms with E-state index in [2.05, 4.69) is 36.5 Å². The second-order valence-corrected chi connectivity index (χ2v) is 6.33. The molecule has 1 amide bonds. The highest BCUT2D eigenvalue weighted by atomic mass is 16.5. The van der Waals surface area contributed by atoms with Crippen LogP contribution in [0.4, 0.5) is 0 Å². The van der Waals surface area contributed by atoms with Crippen LogP contribution in [0.25, 0.3) is 0 Å². The van der Waals surface area contributed by atoms with Gasteiger partial charge in [-0.2, -0.15) is 0 Å². The van der Waals surface area contributed by atoms with E-state index in [4.69, 9.17) is 4.74 Å². The summed E-state index contributed by atoms with van der Waals surface area (Å²) in [5.41, 5.74) is 2.37. The number of hydrogen-bond donors (Lipinski definition) is 1. The predicted molar refractivity (Wildman–Crippen MR) is 93.6 cm³/mol. The largest absolute Gasteiger partial charge is 0.465 e. The first-order valence-corrected chi connectivity index (χ1v) is 8.81. The molecule has 132 valence electrons. The third-order valence-corrected chi connectivity index (χ3v) is 4.31. The third-order valence-electron chi connectivity index (χ3n) is 4.31. The smallest absolute Gasteiger partial charge is 0.320 e. The van der Waals surface area contributed by atoms with Crippen molar-refractivity contribution in [3.8, 4) is 0 Å². The standard InChI is InChI=1S/C19H28N2O3/c1-4-15-6-8-16(9-7-15)14(3)20-18(22)12-21(17-10-11-17)13-19(23)24-5-2/h6-9,14,17H,4-5,10-13H2,1-3H3,(H,20,22). The van der Waals surface area contributed by atoms with Gasteiger partial charge in [-0.1, -0.05) is 31.2 Å². The van der Waals surface area contributed by atoms with Crippen LogP contribution in [0.15, 0.2) is 24.3 Å². The highest BCUT2D eigenvalue weighted by Gasteiger charge is 2.32. The fraction of sp³-hybridized carbons (Fsp3) is 0.579. The van der Waals surface area contributed by atoms with Gasteiger partial charge in [-0.15, -0.1) is 0 Å². The SMILES string of the molecule is CCOC(=O)CN(CC(=O)NC(C)c1ccc(CC)cc1)C1CC1. The first kappa shape index (κ1) is 18.5. The summed E-state index contributed by atoms with van der Waals surface area (Å²) in [6.45, 7) is 6.68. The van der Waals surface area contributed by atoms with Crippen LogP contribution in [0, 0.1) is 0 Å². The number of carbonyl (C=O) groups is 2. The van der Waals surface area contributed by atoms with Crippen LogP contribution >= 0.6 is 0 Å². The molecule has 1 aromatic rings. The van der Waals surface area contributed by atoms with Crippen molar-refractivity contribution in [2.24, 2.45) is 0 Å². The van der Waals surface area contributed by atoms with Gasteiger partial charge < -0.3 is 10.1 Å². The minimum atomic E-state index is -0.264. The molecule has 5 heteroatoms. The van der Waals surface area contributed by atoms with Crippen LogP contribution in [0.2, 0.25) is 0 Å². The van der Waals surface area contributed by atoms with Crippen molar-refractivity contribution in [3.05, 3.63) is 35.4 Å². The minimum Gasteiger partial charge on any atom is -0.465 e. The molecule has 1 atom stereocenters. The molecular weight excluding hydrogens is 304 g/mol. The molecule has 0 bridgehead atoms. The lowest BCUT2D eigenvalue weighted by atomic mass is 10.1. The Morgan fingerprint density at radius 1 is 1.21 bits per heavy atom. The van der Waals surface area contributed by atoms with Crippen LogP contribution in [-0.4, -0.2) is 42.5 Å². The molecule has 5 nitrogen and oxygen atoms in total. The normalized spacial score (nSPS) is 15.2. The molecule has 1 unspecified atom stereocenters. The summed E-state index contributed by atoms with van der Waals surface area (Å²) in [6.07, 6.45) is 3.09. The molecule has 1 saturated carbocycles. The van der Waals surface area contributed by atoms with Gasteiger partial charge in [0.25, 0.3) is 0 Å². The Morgan fingerprint density at radius 3 is 2.42 bits per heavy atom. The van der Waals surface area contributed by atoms with Gasteiger partial charge in [0.05, 0.1) is 25.7 Å². The van der Waals surface area contributed by atoms with E-state index in [-0.39, 0.29) is 31.0 Å². The van der Waals surface area contributed by atoms with Gasteiger partial charge >= 0.3 is 5.97 Å². The maximum absolute atomic E-state index is 12.3. The molecule has 24 heavy (non-hydrogen) atoms. The summed E-state index contributed by atoms with van der Waals surface area (Å²) in [4.78, 5) is 25.9. The van der Waals surface area contributed by atoms with Gasteiger partial charge in [0, 0.05) is 6.04 Å². The van der Waals surface area contributed by atoms with E-state index in [1.54, 1.807) is 6.92 Å². The minimum absolute atomic E-state index is 0.0490. The summed E-state index contributed by atoms with van der Waals surface area (Å²) >= 11 is 0. The number of carbonyl (C=O) groups excluding carboxylic acids is 2. The number of amides is 1. The topological polar surface area (TPSA) is 58.6 Å². The molecule has 0 radical (unpaired) electrons. The average molecular weight is 332 g/mol. The summed E-state index contributed by atoms with van der Waals surface area (Å²) in [7, 11) is 0. The summed E-state index contributed by atoms with van der Waals surface area (Å²) in [5.74, 6) is -0.321. The van der Waals surface area contributed by atoms with E-state index in [0.717, 1.165) is 24.8 Å². The number of rotatable bonds is 9. The van der Waals surface area contributed by atoms with Gasteiger partial charge in [0.1, 0.15) is 0 Å². The molecule has 1 N–H and O–H groups in total. The van der Waals surface area contributed by atoms with E-state index in [1.165, 1.54) is 5.56 Å². The number of hydrogen-bond acceptors (Lipinski definition) is 4. The molecule has 0 heterocycles. The molecule has 1 aliphatic carbocycles. The van der Waals surface area contributed by atoms with Crippen molar-refractivity contribution in [1.82, 2.24) is 10.2 Å². The molecule has 2 rings (SSSR count). The van der Waals surface area contributed by atoms with E-state index in [0.29, 0.717) is 12.6 Å². The van der Waals surface area contributed by atoms with E-state index in [1.807, 2.05) is 11.8 Å². The molecule has 1 aliphatic rings. The van der Waals surface area contributed by atoms with Crippen LogP contribution in [0.5, 0.6) is 0 Å². The number of aryl methyl sites for hydroxylation is 1. The zero-order valence-corrected chi connectivity index (χ0v) is 14.9. The molecule has 1 fully saturated rings. The summed E-state index contributed by atoms with van der Waals surface area (Å²) < 4.78 is 4.99. The van der Waals surface area contributed by atoms with Gasteiger partial charge in [-0.25, -0.2) is 0 Å². The number of esters is 1. The van der Waals surface area contributed by atoms with Crippen LogP contribution in [-0.2, 0) is 20.7 Å². The fourth-order valence-corrected chi connectivity index (χ4v) is 2.72. The molecule has 0 aromatic heterocycles. The fourth-order valence-electron chi connectivity index (χ4n) is 2.72. The lowest BCUT2D eigenvalue weighted by molar-refractivity contribution is -0.144. The monoisotopic (exact) mass is 332 g/mol. The molecule has 0 aliphatic heterocycles. The van der Waals surface area contributed by atoms with Gasteiger partial charge in [0.2, 0.25) is 5.91 Å². The third kappa shape index (κ3) is 5.64. The Bertz CT molecular complexity index is 552. The number of nitrogens with one attached hydrogen (secondary N) is 1. The predicted octanol–water partition coefficient (Wildman–Crippen LogP) is 2.45. The first-order chi connectivity index (χ1) is 11.5. The summed E-state index contributed by atoms with van der Waals surface area (Å²) in [5, 5.41) is 3.02. The zero-order valence-electron chi connectivity index (χ0n) is 14.9. The number of benzene rings is 1. The molecule has 1 aromatic carbocycles. The molecule has 0 saturated heterocycles. The van der Waals surface area contributed by atoms with Crippen molar-refractivity contribution in [1.29, 1.82) is 0 Å². The van der Waals surface area contributed by atoms with Crippen molar-refractivity contribution in [3.63, 3.8) is 0 Å². The zero-order chi connectivity index (χ0) is 17.5. The van der Waals surface area contributed by atoms with Crippen LogP contribution in [0.1, 0.15) is 50.8 Å². The average Bonchev–Trinajstić information content (AvgIpc) is 3.39. The van der Waals surface area contributed by atoms with Crippen molar-refractivity contribution < 1.29 is 14.3 Å². The van der Waals surface area contributed by atoms with Gasteiger partial charge in [-0.3, -0.25) is 14.5 Å². The Hall–Kier alpha value is -1.88. The number of nitrogens with zero attached hydrogens (tertiary/aromatic N) is 1. The second kappa shape index (κ2) is 8.83. The summed E-state index contributed by atoms with van der Waals surface area (Å²) in [6, 6.07) is 8.58. The Kier molecular flexibility index (Phi) is 6.79. The first-order valence-electron chi connectivity index (χ1n) is 8.81. The van der Waals surface area contributed by atoms with E-state index < -0.39 is 0 Å². The van der Waals surface area contributed by atoms with Gasteiger partial charge in [0.15, 0.2) is 0 Å². The Morgan fingerprint density at radius 2 is 1.88 bits per heavy atom. The molecular formula is C19H28N2O3. The van der Waals surface area contributed by atoms with Crippen molar-refractivity contribution in [2.75, 3.05) is 19.7 Å². The van der Waals surface area contributed by atoms with Crippen LogP contribution in [0.3, 0.4) is 0 Å². The van der Waals surface area contributed by atoms with E-state index >= 15 is 0 Å². The lowest BCUT2D eigenvalue weighted by Gasteiger charge is -2.22. The second-order valence-electron chi connectivity index (χ2n) is 6.33. The maximum Gasteiger partial charge on any atom is 0.320 e.